The van der Waals surface area contributed by atoms with E-state index in [9.17, 15) is 4.79 Å². The highest BCUT2D eigenvalue weighted by Gasteiger charge is 2.36. The van der Waals surface area contributed by atoms with E-state index in [0.29, 0.717) is 19.5 Å². The zero-order valence-corrected chi connectivity index (χ0v) is 14.4. The van der Waals surface area contributed by atoms with E-state index in [-0.39, 0.29) is 12.5 Å². The van der Waals surface area contributed by atoms with Gasteiger partial charge in [-0.05, 0) is 25.7 Å². The minimum absolute atomic E-state index is 0.132. The number of aliphatic hydroxyl groups excluding tert-OH is 1. The molecule has 0 heterocycles. The lowest BCUT2D eigenvalue weighted by Gasteiger charge is -2.35. The Morgan fingerprint density at radius 3 is 2.05 bits per heavy atom. The molecular weight excluding hydrogens is 264 g/mol. The third-order valence-corrected chi connectivity index (χ3v) is 4.60. The smallest absolute Gasteiger partial charge is 0.230 e. The van der Waals surface area contributed by atoms with Crippen LogP contribution in [0.3, 0.4) is 0 Å². The third kappa shape index (κ3) is 6.79. The van der Waals surface area contributed by atoms with Crippen molar-refractivity contribution in [2.45, 2.75) is 72.1 Å². The lowest BCUT2D eigenvalue weighted by Crippen LogP contribution is -2.48. The maximum absolute atomic E-state index is 12.8. The van der Waals surface area contributed by atoms with Gasteiger partial charge in [0.05, 0.1) is 5.41 Å². The molecule has 0 aromatic rings. The van der Waals surface area contributed by atoms with E-state index in [1.165, 1.54) is 25.7 Å². The van der Waals surface area contributed by atoms with Gasteiger partial charge in [-0.2, -0.15) is 0 Å². The van der Waals surface area contributed by atoms with Crippen molar-refractivity contribution in [2.24, 2.45) is 11.1 Å². The predicted molar refractivity (Wildman–Crippen MR) is 89.1 cm³/mol. The molecule has 0 bridgehead atoms. The van der Waals surface area contributed by atoms with Gasteiger partial charge < -0.3 is 15.7 Å². The van der Waals surface area contributed by atoms with Crippen LogP contribution in [-0.2, 0) is 4.79 Å². The number of hydrogen-bond donors (Lipinski definition) is 2. The zero-order chi connectivity index (χ0) is 16.1. The molecule has 0 aromatic heterocycles. The molecule has 0 aromatic carbocycles. The summed E-state index contributed by atoms with van der Waals surface area (Å²) in [6, 6.07) is 0. The number of aliphatic hydroxyl groups is 1. The summed E-state index contributed by atoms with van der Waals surface area (Å²) >= 11 is 0. The first-order chi connectivity index (χ1) is 10.1. The fraction of sp³-hybridized carbons (Fsp3) is 0.941. The van der Waals surface area contributed by atoms with E-state index in [4.69, 9.17) is 10.8 Å². The van der Waals surface area contributed by atoms with E-state index < -0.39 is 5.41 Å². The second-order valence-electron chi connectivity index (χ2n) is 5.98. The molecule has 0 aliphatic rings. The van der Waals surface area contributed by atoms with Crippen molar-refractivity contribution in [1.29, 1.82) is 0 Å². The summed E-state index contributed by atoms with van der Waals surface area (Å²) in [6.07, 6.45) is 8.16. The molecule has 0 unspecified atom stereocenters. The van der Waals surface area contributed by atoms with Gasteiger partial charge in [-0.15, -0.1) is 0 Å². The zero-order valence-electron chi connectivity index (χ0n) is 14.4. The van der Waals surface area contributed by atoms with Crippen LogP contribution in [0, 0.1) is 5.41 Å². The highest BCUT2D eigenvalue weighted by Crippen LogP contribution is 2.28. The number of carbonyl (C=O) groups excluding carboxylic acids is 1. The van der Waals surface area contributed by atoms with Crippen LogP contribution >= 0.6 is 0 Å². The molecule has 4 heteroatoms. The van der Waals surface area contributed by atoms with Crippen molar-refractivity contribution in [3.05, 3.63) is 0 Å². The molecule has 0 fully saturated rings. The van der Waals surface area contributed by atoms with Crippen molar-refractivity contribution >= 4 is 5.91 Å². The third-order valence-electron chi connectivity index (χ3n) is 4.60. The SMILES string of the molecule is CCCCCCCN(CCCO)C(=O)C(CC)(CC)CN. The number of nitrogens with two attached hydrogens (primary N) is 1. The molecule has 0 atom stereocenters. The molecule has 0 rings (SSSR count). The Balaban J connectivity index is 4.60. The normalized spacial score (nSPS) is 11.7. The number of carbonyl (C=O) groups is 1. The van der Waals surface area contributed by atoms with Gasteiger partial charge in [0.25, 0.3) is 0 Å². The summed E-state index contributed by atoms with van der Waals surface area (Å²) in [7, 11) is 0. The van der Waals surface area contributed by atoms with Gasteiger partial charge in [0.2, 0.25) is 5.91 Å². The van der Waals surface area contributed by atoms with Gasteiger partial charge in [0.15, 0.2) is 0 Å². The summed E-state index contributed by atoms with van der Waals surface area (Å²) in [6.45, 7) is 8.27. The number of amides is 1. The molecule has 21 heavy (non-hydrogen) atoms. The molecule has 0 radical (unpaired) electrons. The number of rotatable bonds is 13. The van der Waals surface area contributed by atoms with Crippen molar-refractivity contribution in [1.82, 2.24) is 4.90 Å². The summed E-state index contributed by atoms with van der Waals surface area (Å²) < 4.78 is 0. The van der Waals surface area contributed by atoms with E-state index in [2.05, 4.69) is 6.92 Å². The fourth-order valence-corrected chi connectivity index (χ4v) is 2.75. The average molecular weight is 300 g/mol. The molecule has 126 valence electrons. The first kappa shape index (κ1) is 20.4. The summed E-state index contributed by atoms with van der Waals surface area (Å²) in [4.78, 5) is 14.8. The minimum Gasteiger partial charge on any atom is -0.396 e. The lowest BCUT2D eigenvalue weighted by atomic mass is 9.81. The molecule has 0 saturated carbocycles. The Morgan fingerprint density at radius 1 is 1.00 bits per heavy atom. The van der Waals surface area contributed by atoms with E-state index >= 15 is 0 Å². The van der Waals surface area contributed by atoms with Gasteiger partial charge in [-0.25, -0.2) is 0 Å². The maximum atomic E-state index is 12.8. The first-order valence-electron chi connectivity index (χ1n) is 8.72. The fourth-order valence-electron chi connectivity index (χ4n) is 2.75. The summed E-state index contributed by atoms with van der Waals surface area (Å²) in [5, 5.41) is 9.05. The van der Waals surface area contributed by atoms with E-state index in [1.54, 1.807) is 0 Å². The monoisotopic (exact) mass is 300 g/mol. The van der Waals surface area contributed by atoms with Crippen LogP contribution in [0.25, 0.3) is 0 Å². The van der Waals surface area contributed by atoms with Gasteiger partial charge in [0, 0.05) is 26.2 Å². The number of hydrogen-bond acceptors (Lipinski definition) is 3. The highest BCUT2D eigenvalue weighted by molar-refractivity contribution is 5.83. The van der Waals surface area contributed by atoms with Crippen molar-refractivity contribution in [3.8, 4) is 0 Å². The van der Waals surface area contributed by atoms with Crippen LogP contribution in [0.15, 0.2) is 0 Å². The Labute approximate surface area is 131 Å². The average Bonchev–Trinajstić information content (AvgIpc) is 2.52. The van der Waals surface area contributed by atoms with E-state index in [0.717, 1.165) is 25.8 Å². The van der Waals surface area contributed by atoms with Crippen molar-refractivity contribution < 1.29 is 9.90 Å². The maximum Gasteiger partial charge on any atom is 0.230 e. The quantitative estimate of drug-likeness (QED) is 0.514. The van der Waals surface area contributed by atoms with Crippen LogP contribution in [-0.4, -0.2) is 42.2 Å². The standard InChI is InChI=1S/C17H36N2O2/c1-4-7-8-9-10-12-19(13-11-14-20)16(21)17(5-2,6-3)15-18/h20H,4-15,18H2,1-3H3. The van der Waals surface area contributed by atoms with Crippen molar-refractivity contribution in [3.63, 3.8) is 0 Å². The topological polar surface area (TPSA) is 66.6 Å². The summed E-state index contributed by atoms with van der Waals surface area (Å²) in [5.74, 6) is 0.180. The second-order valence-corrected chi connectivity index (χ2v) is 5.98. The molecule has 0 aliphatic heterocycles. The van der Waals surface area contributed by atoms with Gasteiger partial charge in [-0.1, -0.05) is 46.5 Å². The van der Waals surface area contributed by atoms with Crippen molar-refractivity contribution in [2.75, 3.05) is 26.2 Å². The highest BCUT2D eigenvalue weighted by atomic mass is 16.3. The molecule has 0 aliphatic carbocycles. The molecular formula is C17H36N2O2. The molecule has 1 amide bonds. The Hall–Kier alpha value is -0.610. The Bertz CT molecular complexity index is 257. The van der Waals surface area contributed by atoms with Gasteiger partial charge >= 0.3 is 0 Å². The summed E-state index contributed by atoms with van der Waals surface area (Å²) in [5.41, 5.74) is 5.48. The van der Waals surface area contributed by atoms with Crippen LogP contribution in [0.2, 0.25) is 0 Å². The van der Waals surface area contributed by atoms with Crippen LogP contribution < -0.4 is 5.73 Å². The Morgan fingerprint density at radius 2 is 1.57 bits per heavy atom. The Kier molecular flexibility index (Phi) is 11.6. The first-order valence-corrected chi connectivity index (χ1v) is 8.72. The molecule has 4 nitrogen and oxygen atoms in total. The minimum atomic E-state index is -0.418. The second kappa shape index (κ2) is 12.0. The van der Waals surface area contributed by atoms with Gasteiger partial charge in [0.1, 0.15) is 0 Å². The molecule has 0 spiro atoms. The molecule has 0 saturated heterocycles. The largest absolute Gasteiger partial charge is 0.396 e. The lowest BCUT2D eigenvalue weighted by molar-refractivity contribution is -0.142. The van der Waals surface area contributed by atoms with Crippen LogP contribution in [0.5, 0.6) is 0 Å². The van der Waals surface area contributed by atoms with Gasteiger partial charge in [-0.3, -0.25) is 4.79 Å². The number of nitrogens with zero attached hydrogens (tertiary/aromatic N) is 1. The van der Waals surface area contributed by atoms with Crippen LogP contribution in [0.4, 0.5) is 0 Å². The number of unbranched alkanes of at least 4 members (excludes halogenated alkanes) is 4. The van der Waals surface area contributed by atoms with Crippen LogP contribution in [0.1, 0.15) is 72.1 Å². The van der Waals surface area contributed by atoms with E-state index in [1.807, 2.05) is 18.7 Å². The molecule has 3 N–H and O–H groups in total. The predicted octanol–water partition coefficient (Wildman–Crippen LogP) is 2.93.